The highest BCUT2D eigenvalue weighted by molar-refractivity contribution is 5.80. The summed E-state index contributed by atoms with van der Waals surface area (Å²) in [6, 6.07) is 16.8. The van der Waals surface area contributed by atoms with E-state index in [-0.39, 0.29) is 12.0 Å². The zero-order chi connectivity index (χ0) is 16.4. The first-order valence-corrected chi connectivity index (χ1v) is 8.18. The Labute approximate surface area is 137 Å². The van der Waals surface area contributed by atoms with Crippen LogP contribution in [0.15, 0.2) is 48.5 Å². The Morgan fingerprint density at radius 2 is 1.70 bits per heavy atom. The van der Waals surface area contributed by atoms with Crippen LogP contribution >= 0.6 is 0 Å². The van der Waals surface area contributed by atoms with Gasteiger partial charge in [-0.2, -0.15) is 0 Å². The summed E-state index contributed by atoms with van der Waals surface area (Å²) in [5, 5.41) is 9.19. The molecule has 0 saturated carbocycles. The maximum Gasteiger partial charge on any atom is 0.141 e. The summed E-state index contributed by atoms with van der Waals surface area (Å²) in [6.45, 7) is 7.62. The van der Waals surface area contributed by atoms with Crippen molar-refractivity contribution in [2.45, 2.75) is 39.2 Å². The van der Waals surface area contributed by atoms with E-state index in [0.717, 1.165) is 35.4 Å². The van der Waals surface area contributed by atoms with Crippen molar-refractivity contribution in [3.8, 4) is 11.4 Å². The Morgan fingerprint density at radius 1 is 1.00 bits per heavy atom. The molecule has 0 aliphatic heterocycles. The van der Waals surface area contributed by atoms with Crippen LogP contribution in [0.2, 0.25) is 0 Å². The van der Waals surface area contributed by atoms with Gasteiger partial charge in [-0.15, -0.1) is 0 Å². The highest BCUT2D eigenvalue weighted by atomic mass is 16.3. The number of benzene rings is 2. The van der Waals surface area contributed by atoms with Gasteiger partial charge in [0.2, 0.25) is 0 Å². The molecule has 1 aromatic heterocycles. The molecular weight excluding hydrogens is 284 g/mol. The van der Waals surface area contributed by atoms with Crippen LogP contribution in [0.3, 0.4) is 0 Å². The number of aliphatic hydroxyl groups is 1. The highest BCUT2D eigenvalue weighted by Gasteiger charge is 2.15. The van der Waals surface area contributed by atoms with Crippen LogP contribution in [0, 0.1) is 0 Å². The van der Waals surface area contributed by atoms with Crippen LogP contribution in [0.5, 0.6) is 0 Å². The van der Waals surface area contributed by atoms with Crippen molar-refractivity contribution in [3.05, 3.63) is 54.1 Å². The first kappa shape index (κ1) is 15.8. The van der Waals surface area contributed by atoms with Crippen molar-refractivity contribution < 1.29 is 5.11 Å². The number of imidazole rings is 1. The molecular formula is C20H24N2O. The maximum atomic E-state index is 9.19. The number of para-hydroxylation sites is 2. The summed E-state index contributed by atoms with van der Waals surface area (Å²) in [6.07, 6.45) is 0.730. The van der Waals surface area contributed by atoms with Gasteiger partial charge in [0.25, 0.3) is 0 Å². The third-order valence-electron chi connectivity index (χ3n) is 4.20. The molecule has 0 radical (unpaired) electrons. The Balaban J connectivity index is 2.08. The van der Waals surface area contributed by atoms with Gasteiger partial charge in [-0.1, -0.05) is 57.2 Å². The van der Waals surface area contributed by atoms with Crippen LogP contribution in [0.4, 0.5) is 0 Å². The lowest BCUT2D eigenvalue weighted by molar-refractivity contribution is 0.281. The van der Waals surface area contributed by atoms with Crippen molar-refractivity contribution in [1.29, 1.82) is 0 Å². The van der Waals surface area contributed by atoms with Gasteiger partial charge in [-0.05, 0) is 29.5 Å². The van der Waals surface area contributed by atoms with Crippen LogP contribution in [0.1, 0.15) is 32.8 Å². The zero-order valence-electron chi connectivity index (χ0n) is 14.1. The van der Waals surface area contributed by atoms with Crippen LogP contribution in [0.25, 0.3) is 22.4 Å². The zero-order valence-corrected chi connectivity index (χ0v) is 14.1. The molecule has 3 rings (SSSR count). The van der Waals surface area contributed by atoms with Crippen LogP contribution in [-0.2, 0) is 12.0 Å². The van der Waals surface area contributed by atoms with Crippen LogP contribution in [-0.4, -0.2) is 21.3 Å². The number of nitrogens with zero attached hydrogens (tertiary/aromatic N) is 2. The van der Waals surface area contributed by atoms with Gasteiger partial charge < -0.3 is 9.67 Å². The van der Waals surface area contributed by atoms with E-state index in [1.54, 1.807) is 0 Å². The fourth-order valence-electron chi connectivity index (χ4n) is 2.87. The number of hydrogen-bond donors (Lipinski definition) is 1. The second-order valence-electron chi connectivity index (χ2n) is 6.98. The molecule has 1 N–H and O–H groups in total. The predicted octanol–water partition coefficient (Wildman–Crippen LogP) is 4.38. The largest absolute Gasteiger partial charge is 0.396 e. The SMILES string of the molecule is CC(C)(C)c1ccc(-c2nc3ccccc3n2CCCO)cc1. The number of aryl methyl sites for hydroxylation is 1. The first-order valence-electron chi connectivity index (χ1n) is 8.18. The summed E-state index contributed by atoms with van der Waals surface area (Å²) in [7, 11) is 0. The lowest BCUT2D eigenvalue weighted by Gasteiger charge is -2.19. The maximum absolute atomic E-state index is 9.19. The topological polar surface area (TPSA) is 38.0 Å². The molecule has 0 aliphatic carbocycles. The van der Waals surface area contributed by atoms with Gasteiger partial charge in [0, 0.05) is 18.7 Å². The van der Waals surface area contributed by atoms with Gasteiger partial charge >= 0.3 is 0 Å². The minimum absolute atomic E-state index is 0.148. The van der Waals surface area contributed by atoms with Crippen molar-refractivity contribution in [3.63, 3.8) is 0 Å². The van der Waals surface area contributed by atoms with E-state index in [0.29, 0.717) is 0 Å². The Morgan fingerprint density at radius 3 is 2.35 bits per heavy atom. The molecule has 0 spiro atoms. The lowest BCUT2D eigenvalue weighted by atomic mass is 9.87. The summed E-state index contributed by atoms with van der Waals surface area (Å²) in [5.41, 5.74) is 4.71. The van der Waals surface area contributed by atoms with Gasteiger partial charge in [-0.25, -0.2) is 4.98 Å². The molecule has 0 bridgehead atoms. The summed E-state index contributed by atoms with van der Waals surface area (Å²) in [4.78, 5) is 4.81. The number of aromatic nitrogens is 2. The van der Waals surface area contributed by atoms with Crippen LogP contribution < -0.4 is 0 Å². The average molecular weight is 308 g/mol. The molecule has 0 saturated heterocycles. The first-order chi connectivity index (χ1) is 11.0. The number of rotatable bonds is 4. The molecule has 1 heterocycles. The standard InChI is InChI=1S/C20H24N2O/c1-20(2,3)16-11-9-15(10-12-16)19-21-17-7-4-5-8-18(17)22(19)13-6-14-23/h4-5,7-12,23H,6,13-14H2,1-3H3. The van der Waals surface area contributed by atoms with E-state index in [1.807, 2.05) is 18.2 Å². The Hall–Kier alpha value is -2.13. The molecule has 0 aliphatic rings. The van der Waals surface area contributed by atoms with E-state index in [4.69, 9.17) is 4.98 Å². The second-order valence-corrected chi connectivity index (χ2v) is 6.98. The normalized spacial score (nSPS) is 12.0. The smallest absolute Gasteiger partial charge is 0.141 e. The lowest BCUT2D eigenvalue weighted by Crippen LogP contribution is -2.10. The fourth-order valence-corrected chi connectivity index (χ4v) is 2.87. The van der Waals surface area contributed by atoms with Gasteiger partial charge in [-0.3, -0.25) is 0 Å². The molecule has 3 aromatic rings. The van der Waals surface area contributed by atoms with Crippen molar-refractivity contribution in [2.24, 2.45) is 0 Å². The molecule has 3 nitrogen and oxygen atoms in total. The molecule has 0 fully saturated rings. The van der Waals surface area contributed by atoms with E-state index in [2.05, 4.69) is 55.7 Å². The van der Waals surface area contributed by atoms with Gasteiger partial charge in [0.05, 0.1) is 11.0 Å². The molecule has 0 unspecified atom stereocenters. The monoisotopic (exact) mass is 308 g/mol. The van der Waals surface area contributed by atoms with Gasteiger partial charge in [0.1, 0.15) is 5.82 Å². The van der Waals surface area contributed by atoms with E-state index >= 15 is 0 Å². The average Bonchev–Trinajstić information content (AvgIpc) is 2.91. The fraction of sp³-hybridized carbons (Fsp3) is 0.350. The number of fused-ring (bicyclic) bond motifs is 1. The predicted molar refractivity (Wildman–Crippen MR) is 95.6 cm³/mol. The van der Waals surface area contributed by atoms with E-state index < -0.39 is 0 Å². The Bertz CT molecular complexity index is 795. The third kappa shape index (κ3) is 3.15. The van der Waals surface area contributed by atoms with Crippen molar-refractivity contribution in [1.82, 2.24) is 9.55 Å². The van der Waals surface area contributed by atoms with E-state index in [1.165, 1.54) is 5.56 Å². The molecule has 0 amide bonds. The highest BCUT2D eigenvalue weighted by Crippen LogP contribution is 2.28. The van der Waals surface area contributed by atoms with E-state index in [9.17, 15) is 5.11 Å². The minimum Gasteiger partial charge on any atom is -0.396 e. The number of aliphatic hydroxyl groups excluding tert-OH is 1. The van der Waals surface area contributed by atoms with Crippen molar-refractivity contribution >= 4 is 11.0 Å². The number of hydrogen-bond acceptors (Lipinski definition) is 2. The Kier molecular flexibility index (Phi) is 4.22. The minimum atomic E-state index is 0.148. The van der Waals surface area contributed by atoms with Crippen molar-refractivity contribution in [2.75, 3.05) is 6.61 Å². The molecule has 3 heteroatoms. The van der Waals surface area contributed by atoms with Gasteiger partial charge in [0.15, 0.2) is 0 Å². The summed E-state index contributed by atoms with van der Waals surface area (Å²) in [5.74, 6) is 0.972. The molecule has 0 atom stereocenters. The third-order valence-corrected chi connectivity index (χ3v) is 4.20. The summed E-state index contributed by atoms with van der Waals surface area (Å²) < 4.78 is 2.21. The summed E-state index contributed by atoms with van der Waals surface area (Å²) >= 11 is 0. The molecule has 23 heavy (non-hydrogen) atoms. The molecule has 2 aromatic carbocycles. The second kappa shape index (κ2) is 6.17. The molecule has 120 valence electrons. The quantitative estimate of drug-likeness (QED) is 0.776.